The highest BCUT2D eigenvalue weighted by molar-refractivity contribution is 5.98. The first-order valence-corrected chi connectivity index (χ1v) is 5.36. The minimum Gasteiger partial charge on any atom is -0.478 e. The fraction of sp³-hybridized carbons (Fsp3) is 0.500. The van der Waals surface area contributed by atoms with E-state index < -0.39 is 11.9 Å². The van der Waals surface area contributed by atoms with Gasteiger partial charge in [-0.05, 0) is 37.5 Å². The van der Waals surface area contributed by atoms with E-state index >= 15 is 0 Å². The van der Waals surface area contributed by atoms with Gasteiger partial charge >= 0.3 is 11.9 Å². The van der Waals surface area contributed by atoms with Crippen molar-refractivity contribution in [3.05, 3.63) is 23.3 Å². The Bertz CT molecular complexity index is 405. The molecule has 0 aliphatic heterocycles. The number of hydrogen-bond acceptors (Lipinski definition) is 2. The van der Waals surface area contributed by atoms with E-state index in [-0.39, 0.29) is 23.0 Å². The number of rotatable bonds is 3. The Balaban J connectivity index is 2.35. The summed E-state index contributed by atoms with van der Waals surface area (Å²) >= 11 is 0. The van der Waals surface area contributed by atoms with Crippen LogP contribution in [0.4, 0.5) is 0 Å². The van der Waals surface area contributed by atoms with Crippen molar-refractivity contribution in [2.45, 2.75) is 19.8 Å². The molecule has 0 spiro atoms. The van der Waals surface area contributed by atoms with E-state index in [9.17, 15) is 9.59 Å². The Labute approximate surface area is 93.3 Å². The molecule has 3 unspecified atom stereocenters. The van der Waals surface area contributed by atoms with E-state index in [0.29, 0.717) is 5.92 Å². The van der Waals surface area contributed by atoms with E-state index in [1.54, 1.807) is 0 Å². The van der Waals surface area contributed by atoms with Gasteiger partial charge in [0.1, 0.15) is 0 Å². The molecule has 2 bridgehead atoms. The first-order valence-electron chi connectivity index (χ1n) is 5.36. The molecule has 0 amide bonds. The van der Waals surface area contributed by atoms with Gasteiger partial charge in [-0.1, -0.05) is 12.2 Å². The maximum absolute atomic E-state index is 11.2. The van der Waals surface area contributed by atoms with E-state index in [2.05, 4.69) is 6.08 Å². The minimum atomic E-state index is -1.14. The van der Waals surface area contributed by atoms with Crippen molar-refractivity contribution < 1.29 is 19.8 Å². The van der Waals surface area contributed by atoms with E-state index in [1.807, 2.05) is 6.08 Å². The summed E-state index contributed by atoms with van der Waals surface area (Å²) in [5.74, 6) is -1.70. The quantitative estimate of drug-likeness (QED) is 0.562. The van der Waals surface area contributed by atoms with Crippen molar-refractivity contribution in [1.29, 1.82) is 0 Å². The van der Waals surface area contributed by atoms with Crippen molar-refractivity contribution in [1.82, 2.24) is 0 Å². The normalized spacial score (nSPS) is 32.7. The van der Waals surface area contributed by atoms with Crippen LogP contribution in [0.15, 0.2) is 23.3 Å². The van der Waals surface area contributed by atoms with Gasteiger partial charge in [-0.3, -0.25) is 0 Å². The lowest BCUT2D eigenvalue weighted by atomic mass is 9.84. The fourth-order valence-electron chi connectivity index (χ4n) is 2.82. The summed E-state index contributed by atoms with van der Waals surface area (Å²) in [5, 5.41) is 18.0. The van der Waals surface area contributed by atoms with Gasteiger partial charge < -0.3 is 10.2 Å². The van der Waals surface area contributed by atoms with Crippen LogP contribution in [0.1, 0.15) is 19.8 Å². The molecule has 4 nitrogen and oxygen atoms in total. The zero-order valence-electron chi connectivity index (χ0n) is 9.01. The standard InChI is InChI=1S/C12H14O4/c1-6(11(13)14)10(12(15)16)9-5-7-2-3-8(9)4-7/h2-3,7-9H,4-5H2,1H3,(H,13,14)(H,15,16). The van der Waals surface area contributed by atoms with Crippen LogP contribution in [0.5, 0.6) is 0 Å². The zero-order chi connectivity index (χ0) is 11.9. The van der Waals surface area contributed by atoms with Gasteiger partial charge in [0.25, 0.3) is 0 Å². The molecule has 2 aliphatic rings. The zero-order valence-corrected chi connectivity index (χ0v) is 9.01. The second-order valence-corrected chi connectivity index (χ2v) is 4.54. The maximum Gasteiger partial charge on any atom is 0.332 e. The molecule has 16 heavy (non-hydrogen) atoms. The second kappa shape index (κ2) is 3.77. The van der Waals surface area contributed by atoms with Crippen molar-refractivity contribution in [2.75, 3.05) is 0 Å². The fourth-order valence-corrected chi connectivity index (χ4v) is 2.82. The molecule has 3 atom stereocenters. The molecule has 0 heterocycles. The van der Waals surface area contributed by atoms with Crippen molar-refractivity contribution in [3.8, 4) is 0 Å². The molecule has 2 N–H and O–H groups in total. The van der Waals surface area contributed by atoms with Crippen LogP contribution in [-0.2, 0) is 9.59 Å². The number of allylic oxidation sites excluding steroid dienone is 2. The number of fused-ring (bicyclic) bond motifs is 2. The number of carbonyl (C=O) groups is 2. The molecule has 0 aromatic heterocycles. The average Bonchev–Trinajstić information content (AvgIpc) is 2.78. The van der Waals surface area contributed by atoms with Crippen molar-refractivity contribution in [2.24, 2.45) is 17.8 Å². The van der Waals surface area contributed by atoms with Crippen LogP contribution < -0.4 is 0 Å². The van der Waals surface area contributed by atoms with Crippen LogP contribution in [0.25, 0.3) is 0 Å². The van der Waals surface area contributed by atoms with Gasteiger partial charge in [0.15, 0.2) is 0 Å². The van der Waals surface area contributed by atoms with Gasteiger partial charge in [0.05, 0.1) is 5.57 Å². The lowest BCUT2D eigenvalue weighted by molar-refractivity contribution is -0.136. The summed E-state index contributed by atoms with van der Waals surface area (Å²) in [4.78, 5) is 22.0. The number of aliphatic carboxylic acids is 2. The molecule has 2 rings (SSSR count). The summed E-state index contributed by atoms with van der Waals surface area (Å²) in [6, 6.07) is 0. The molecule has 86 valence electrons. The lowest BCUT2D eigenvalue weighted by Gasteiger charge is -2.20. The molecule has 0 aromatic carbocycles. The van der Waals surface area contributed by atoms with Crippen LogP contribution in [0, 0.1) is 17.8 Å². The van der Waals surface area contributed by atoms with Gasteiger partial charge in [-0.15, -0.1) is 0 Å². The highest BCUT2D eigenvalue weighted by Gasteiger charge is 2.41. The summed E-state index contributed by atoms with van der Waals surface area (Å²) in [6.07, 6.45) is 5.87. The second-order valence-electron chi connectivity index (χ2n) is 4.54. The Kier molecular flexibility index (Phi) is 2.58. The van der Waals surface area contributed by atoms with E-state index in [1.165, 1.54) is 6.92 Å². The van der Waals surface area contributed by atoms with Crippen molar-refractivity contribution >= 4 is 11.9 Å². The SMILES string of the molecule is CC(C(=O)O)=C(C(=O)O)C1CC2C=CC1C2. The molecular formula is C12H14O4. The van der Waals surface area contributed by atoms with Gasteiger partial charge in [0, 0.05) is 5.57 Å². The van der Waals surface area contributed by atoms with Crippen LogP contribution in [0.3, 0.4) is 0 Å². The molecule has 4 heteroatoms. The maximum atomic E-state index is 11.2. The largest absolute Gasteiger partial charge is 0.478 e. The monoisotopic (exact) mass is 222 g/mol. The van der Waals surface area contributed by atoms with E-state index in [0.717, 1.165) is 12.8 Å². The smallest absolute Gasteiger partial charge is 0.332 e. The summed E-state index contributed by atoms with van der Waals surface area (Å²) in [7, 11) is 0. The Hall–Kier alpha value is -1.58. The lowest BCUT2D eigenvalue weighted by Crippen LogP contribution is -2.20. The molecule has 0 saturated heterocycles. The van der Waals surface area contributed by atoms with Crippen LogP contribution in [-0.4, -0.2) is 22.2 Å². The highest BCUT2D eigenvalue weighted by atomic mass is 16.4. The van der Waals surface area contributed by atoms with Gasteiger partial charge in [-0.2, -0.15) is 0 Å². The van der Waals surface area contributed by atoms with Crippen molar-refractivity contribution in [3.63, 3.8) is 0 Å². The molecule has 0 aromatic rings. The first kappa shape index (κ1) is 10.9. The predicted molar refractivity (Wildman–Crippen MR) is 56.8 cm³/mol. The third-order valence-corrected chi connectivity index (χ3v) is 3.60. The van der Waals surface area contributed by atoms with Gasteiger partial charge in [-0.25, -0.2) is 9.59 Å². The molecular weight excluding hydrogens is 208 g/mol. The number of hydrogen-bond donors (Lipinski definition) is 2. The first-order chi connectivity index (χ1) is 7.50. The Morgan fingerprint density at radius 2 is 1.81 bits per heavy atom. The third kappa shape index (κ3) is 1.64. The van der Waals surface area contributed by atoms with Crippen LogP contribution >= 0.6 is 0 Å². The number of carboxylic acids is 2. The number of carboxylic acid groups (broad SMARTS) is 2. The minimum absolute atomic E-state index is 0.0292. The summed E-state index contributed by atoms with van der Waals surface area (Å²) in [6.45, 7) is 1.38. The Morgan fingerprint density at radius 3 is 2.19 bits per heavy atom. The molecule has 1 fully saturated rings. The highest BCUT2D eigenvalue weighted by Crippen LogP contribution is 2.47. The Morgan fingerprint density at radius 1 is 1.12 bits per heavy atom. The molecule has 0 radical (unpaired) electrons. The predicted octanol–water partition coefficient (Wildman–Crippen LogP) is 1.68. The molecule has 1 saturated carbocycles. The summed E-state index contributed by atoms with van der Waals surface area (Å²) in [5.41, 5.74) is 0.0581. The molecule has 2 aliphatic carbocycles. The topological polar surface area (TPSA) is 74.6 Å². The third-order valence-electron chi connectivity index (χ3n) is 3.60. The van der Waals surface area contributed by atoms with E-state index in [4.69, 9.17) is 10.2 Å². The van der Waals surface area contributed by atoms with Crippen LogP contribution in [0.2, 0.25) is 0 Å². The summed E-state index contributed by atoms with van der Waals surface area (Å²) < 4.78 is 0. The average molecular weight is 222 g/mol. The van der Waals surface area contributed by atoms with Gasteiger partial charge in [0.2, 0.25) is 0 Å².